The van der Waals surface area contributed by atoms with E-state index in [4.69, 9.17) is 22.1 Å². The van der Waals surface area contributed by atoms with Gasteiger partial charge in [0, 0.05) is 12.2 Å². The quantitative estimate of drug-likeness (QED) is 0.781. The van der Waals surface area contributed by atoms with Crippen LogP contribution in [0.15, 0.2) is 6.07 Å². The number of ether oxygens (including phenoxy) is 1. The Labute approximate surface area is 88.2 Å². The van der Waals surface area contributed by atoms with Gasteiger partial charge in [-0.1, -0.05) is 11.6 Å². The number of rotatable bonds is 3. The Morgan fingerprint density at radius 1 is 1.64 bits per heavy atom. The molecule has 0 amide bonds. The number of aryl methyl sites for hydroxylation is 1. The Bertz CT molecular complexity index is 350. The molecule has 1 aromatic heterocycles. The first-order chi connectivity index (χ1) is 6.70. The molecule has 0 unspecified atom stereocenters. The summed E-state index contributed by atoms with van der Waals surface area (Å²) in [5.41, 5.74) is 7.44. The van der Waals surface area contributed by atoms with Crippen LogP contribution < -0.4 is 10.5 Å². The fourth-order valence-electron chi connectivity index (χ4n) is 1.25. The lowest BCUT2D eigenvalue weighted by molar-refractivity contribution is 0.301. The number of hydrogen-bond donors (Lipinski definition) is 1. The highest BCUT2D eigenvalue weighted by Crippen LogP contribution is 2.31. The molecule has 2 rings (SSSR count). The van der Waals surface area contributed by atoms with Crippen LogP contribution in [0.2, 0.25) is 5.15 Å². The van der Waals surface area contributed by atoms with Gasteiger partial charge in [0.05, 0.1) is 6.10 Å². The summed E-state index contributed by atoms with van der Waals surface area (Å²) in [6.45, 7) is 2.37. The zero-order chi connectivity index (χ0) is 10.1. The number of hydrogen-bond acceptors (Lipinski definition) is 3. The summed E-state index contributed by atoms with van der Waals surface area (Å²) >= 11 is 5.95. The maximum absolute atomic E-state index is 5.95. The summed E-state index contributed by atoms with van der Waals surface area (Å²) in [4.78, 5) is 4.19. The van der Waals surface area contributed by atoms with Crippen LogP contribution in [0.1, 0.15) is 24.1 Å². The highest BCUT2D eigenvalue weighted by atomic mass is 35.5. The van der Waals surface area contributed by atoms with E-state index in [1.807, 2.05) is 13.0 Å². The predicted octanol–water partition coefficient (Wildman–Crippen LogP) is 2.04. The van der Waals surface area contributed by atoms with E-state index in [1.165, 1.54) is 0 Å². The van der Waals surface area contributed by atoms with Crippen molar-refractivity contribution < 1.29 is 4.74 Å². The molecular formula is C10H13ClN2O. The van der Waals surface area contributed by atoms with Gasteiger partial charge in [-0.25, -0.2) is 4.98 Å². The van der Waals surface area contributed by atoms with Crippen LogP contribution in [0, 0.1) is 6.92 Å². The molecule has 0 spiro atoms. The molecule has 0 aliphatic heterocycles. The van der Waals surface area contributed by atoms with Gasteiger partial charge in [-0.2, -0.15) is 0 Å². The van der Waals surface area contributed by atoms with Crippen LogP contribution in [0.4, 0.5) is 0 Å². The lowest BCUT2D eigenvalue weighted by Crippen LogP contribution is -2.04. The van der Waals surface area contributed by atoms with Gasteiger partial charge in [-0.05, 0) is 31.4 Å². The Hall–Kier alpha value is -0.800. The molecule has 1 heterocycles. The van der Waals surface area contributed by atoms with Crippen molar-refractivity contribution in [2.75, 3.05) is 0 Å². The van der Waals surface area contributed by atoms with E-state index in [1.54, 1.807) is 0 Å². The number of pyridine rings is 1. The van der Waals surface area contributed by atoms with Crippen LogP contribution in [-0.4, -0.2) is 11.1 Å². The van der Waals surface area contributed by atoms with E-state index >= 15 is 0 Å². The second kappa shape index (κ2) is 3.75. The molecule has 1 fully saturated rings. The number of nitrogens with two attached hydrogens (primary N) is 1. The second-order valence-corrected chi connectivity index (χ2v) is 3.90. The molecule has 0 atom stereocenters. The predicted molar refractivity (Wildman–Crippen MR) is 55.5 cm³/mol. The van der Waals surface area contributed by atoms with Gasteiger partial charge in [-0.15, -0.1) is 0 Å². The van der Waals surface area contributed by atoms with Gasteiger partial charge in [0.2, 0.25) is 0 Å². The van der Waals surface area contributed by atoms with Gasteiger partial charge < -0.3 is 10.5 Å². The molecule has 14 heavy (non-hydrogen) atoms. The first-order valence-electron chi connectivity index (χ1n) is 4.73. The first kappa shape index (κ1) is 9.74. The van der Waals surface area contributed by atoms with Crippen molar-refractivity contribution in [3.63, 3.8) is 0 Å². The third-order valence-electron chi connectivity index (χ3n) is 2.28. The van der Waals surface area contributed by atoms with Gasteiger partial charge in [0.1, 0.15) is 0 Å². The minimum absolute atomic E-state index is 0.336. The van der Waals surface area contributed by atoms with E-state index in [0.29, 0.717) is 23.6 Å². The summed E-state index contributed by atoms with van der Waals surface area (Å²) < 4.78 is 5.60. The van der Waals surface area contributed by atoms with Crippen molar-refractivity contribution in [2.24, 2.45) is 5.73 Å². The minimum Gasteiger partial charge on any atom is -0.487 e. The average molecular weight is 213 g/mol. The molecule has 2 N–H and O–H groups in total. The van der Waals surface area contributed by atoms with Gasteiger partial charge in [0.15, 0.2) is 10.9 Å². The summed E-state index contributed by atoms with van der Waals surface area (Å²) in [5, 5.41) is 0.437. The summed E-state index contributed by atoms with van der Waals surface area (Å²) in [5.74, 6) is 0.667. The monoisotopic (exact) mass is 212 g/mol. The van der Waals surface area contributed by atoms with Crippen LogP contribution in [0.3, 0.4) is 0 Å². The fourth-order valence-corrected chi connectivity index (χ4v) is 1.48. The maximum Gasteiger partial charge on any atom is 0.171 e. The maximum atomic E-state index is 5.95. The second-order valence-electron chi connectivity index (χ2n) is 3.54. The molecule has 3 nitrogen and oxygen atoms in total. The van der Waals surface area contributed by atoms with Gasteiger partial charge >= 0.3 is 0 Å². The van der Waals surface area contributed by atoms with Crippen LogP contribution in [0.5, 0.6) is 5.75 Å². The van der Waals surface area contributed by atoms with E-state index in [-0.39, 0.29) is 0 Å². The lowest BCUT2D eigenvalue weighted by atomic mass is 10.2. The lowest BCUT2D eigenvalue weighted by Gasteiger charge is -2.09. The van der Waals surface area contributed by atoms with E-state index in [2.05, 4.69) is 4.98 Å². The van der Waals surface area contributed by atoms with Crippen LogP contribution >= 0.6 is 11.6 Å². The molecule has 0 saturated heterocycles. The van der Waals surface area contributed by atoms with Crippen LogP contribution in [-0.2, 0) is 6.54 Å². The molecule has 1 aromatic rings. The third-order valence-corrected chi connectivity index (χ3v) is 2.55. The summed E-state index contributed by atoms with van der Waals surface area (Å²) in [6, 6.07) is 1.89. The average Bonchev–Trinajstić information content (AvgIpc) is 2.93. The Kier molecular flexibility index (Phi) is 2.61. The van der Waals surface area contributed by atoms with E-state index < -0.39 is 0 Å². The SMILES string of the molecule is Cc1nc(Cl)c(OC2CC2)cc1CN. The van der Waals surface area contributed by atoms with E-state index in [0.717, 1.165) is 24.1 Å². The standard InChI is InChI=1S/C10H13ClN2O/c1-6-7(5-12)4-9(10(11)13-6)14-8-2-3-8/h4,8H,2-3,5,12H2,1H3. The zero-order valence-corrected chi connectivity index (χ0v) is 8.84. The molecule has 1 aliphatic carbocycles. The minimum atomic E-state index is 0.336. The summed E-state index contributed by atoms with van der Waals surface area (Å²) in [6.07, 6.45) is 2.56. The van der Waals surface area contributed by atoms with Crippen molar-refractivity contribution in [2.45, 2.75) is 32.4 Å². The number of halogens is 1. The Morgan fingerprint density at radius 3 is 2.93 bits per heavy atom. The van der Waals surface area contributed by atoms with Gasteiger partial charge in [-0.3, -0.25) is 0 Å². The third kappa shape index (κ3) is 1.99. The number of aromatic nitrogens is 1. The molecule has 76 valence electrons. The van der Waals surface area contributed by atoms with Crippen molar-refractivity contribution in [1.29, 1.82) is 0 Å². The van der Waals surface area contributed by atoms with Crippen LogP contribution in [0.25, 0.3) is 0 Å². The van der Waals surface area contributed by atoms with Crippen molar-refractivity contribution in [3.05, 3.63) is 22.5 Å². The Morgan fingerprint density at radius 2 is 2.36 bits per heavy atom. The molecule has 4 heteroatoms. The Balaban J connectivity index is 2.27. The molecule has 1 aliphatic rings. The van der Waals surface area contributed by atoms with Crippen molar-refractivity contribution >= 4 is 11.6 Å². The molecular weight excluding hydrogens is 200 g/mol. The fraction of sp³-hybridized carbons (Fsp3) is 0.500. The van der Waals surface area contributed by atoms with Crippen molar-refractivity contribution in [3.8, 4) is 5.75 Å². The highest BCUT2D eigenvalue weighted by molar-refractivity contribution is 6.30. The topological polar surface area (TPSA) is 48.1 Å². The first-order valence-corrected chi connectivity index (χ1v) is 5.11. The molecule has 0 aromatic carbocycles. The highest BCUT2D eigenvalue weighted by Gasteiger charge is 2.25. The van der Waals surface area contributed by atoms with E-state index in [9.17, 15) is 0 Å². The van der Waals surface area contributed by atoms with Crippen molar-refractivity contribution in [1.82, 2.24) is 4.98 Å². The largest absolute Gasteiger partial charge is 0.487 e. The summed E-state index contributed by atoms with van der Waals surface area (Å²) in [7, 11) is 0. The smallest absolute Gasteiger partial charge is 0.171 e. The number of nitrogens with zero attached hydrogens (tertiary/aromatic N) is 1. The molecule has 0 radical (unpaired) electrons. The molecule has 1 saturated carbocycles. The normalized spacial score (nSPS) is 15.6. The molecule has 0 bridgehead atoms. The zero-order valence-electron chi connectivity index (χ0n) is 8.09. The van der Waals surface area contributed by atoms with Gasteiger partial charge in [0.25, 0.3) is 0 Å².